The number of amides is 2. The number of allylic oxidation sites excluding steroid dienone is 2. The topological polar surface area (TPSA) is 70.0 Å². The second-order valence-electron chi connectivity index (χ2n) is 6.17. The summed E-state index contributed by atoms with van der Waals surface area (Å²) < 4.78 is 0. The van der Waals surface area contributed by atoms with Crippen molar-refractivity contribution in [2.45, 2.75) is 12.8 Å². The number of hydrogen-bond donors (Lipinski definition) is 1. The summed E-state index contributed by atoms with van der Waals surface area (Å²) in [5, 5.41) is 14.6. The van der Waals surface area contributed by atoms with E-state index in [0.29, 0.717) is 5.56 Å². The second kappa shape index (κ2) is 4.80. The largest absolute Gasteiger partial charge is 0.508 e. The smallest absolute Gasteiger partial charge is 0.254 e. The Hall–Kier alpha value is -2.43. The van der Waals surface area contributed by atoms with E-state index in [4.69, 9.17) is 0 Å². The van der Waals surface area contributed by atoms with Crippen molar-refractivity contribution in [3.05, 3.63) is 42.0 Å². The highest BCUT2D eigenvalue weighted by atomic mass is 16.3. The molecule has 5 rings (SSSR count). The summed E-state index contributed by atoms with van der Waals surface area (Å²) in [6.45, 7) is 0. The molecule has 5 heteroatoms. The van der Waals surface area contributed by atoms with Gasteiger partial charge in [0.2, 0.25) is 0 Å². The molecule has 2 bridgehead atoms. The maximum absolute atomic E-state index is 12.5. The van der Waals surface area contributed by atoms with E-state index in [2.05, 4.69) is 17.3 Å². The number of carbonyl (C=O) groups is 2. The maximum Gasteiger partial charge on any atom is 0.254 e. The average Bonchev–Trinajstić information content (AvgIpc) is 2.80. The highest BCUT2D eigenvalue weighted by Crippen LogP contribution is 2.49. The van der Waals surface area contributed by atoms with E-state index >= 15 is 0 Å². The van der Waals surface area contributed by atoms with Crippen molar-refractivity contribution in [3.8, 4) is 5.75 Å². The van der Waals surface area contributed by atoms with Gasteiger partial charge >= 0.3 is 0 Å². The Morgan fingerprint density at radius 2 is 1.73 bits per heavy atom. The molecule has 22 heavy (non-hydrogen) atoms. The van der Waals surface area contributed by atoms with E-state index in [1.807, 2.05) is 0 Å². The number of rotatable bonds is 2. The van der Waals surface area contributed by atoms with Crippen molar-refractivity contribution in [2.24, 2.45) is 28.8 Å². The van der Waals surface area contributed by atoms with E-state index < -0.39 is 0 Å². The van der Waals surface area contributed by atoms with Crippen LogP contribution in [0.2, 0.25) is 0 Å². The predicted molar refractivity (Wildman–Crippen MR) is 79.9 cm³/mol. The molecule has 5 nitrogen and oxygen atoms in total. The molecule has 0 unspecified atom stereocenters. The minimum Gasteiger partial charge on any atom is -0.508 e. The van der Waals surface area contributed by atoms with Crippen LogP contribution in [0.3, 0.4) is 0 Å². The molecule has 0 aromatic heterocycles. The summed E-state index contributed by atoms with van der Waals surface area (Å²) in [6.07, 6.45) is 7.57. The standard InChI is InChI=1S/C17H16N2O3/c20-13-3-1-2-10(8-13)9-18-19-16(21)14-11-4-5-12(7-6-11)15(14)17(19)22/h1-5,8-9,11-12,14-15,20H,6-7H2/b18-9-/t11-,12-,14-,15+/m1/s1. The minimum absolute atomic E-state index is 0.124. The molecule has 1 saturated heterocycles. The Morgan fingerprint density at radius 1 is 1.09 bits per heavy atom. The van der Waals surface area contributed by atoms with Crippen molar-refractivity contribution >= 4 is 18.0 Å². The van der Waals surface area contributed by atoms with Gasteiger partial charge < -0.3 is 5.11 Å². The summed E-state index contributed by atoms with van der Waals surface area (Å²) in [7, 11) is 0. The van der Waals surface area contributed by atoms with Gasteiger partial charge in [-0.3, -0.25) is 9.59 Å². The molecule has 1 saturated carbocycles. The molecule has 3 aliphatic carbocycles. The predicted octanol–water partition coefficient (Wildman–Crippen LogP) is 1.92. The van der Waals surface area contributed by atoms with E-state index in [1.165, 1.54) is 12.3 Å². The van der Waals surface area contributed by atoms with Gasteiger partial charge in [0.1, 0.15) is 5.75 Å². The molecule has 0 radical (unpaired) electrons. The molecule has 1 heterocycles. The SMILES string of the molecule is O=C1[C@@H]2[C@H](C(=O)N1/N=C\c1cccc(O)c1)[C@@H]1C=C[C@@H]2CC1. The number of hydrogen-bond acceptors (Lipinski definition) is 4. The molecule has 1 aromatic rings. The average molecular weight is 296 g/mol. The summed E-state index contributed by atoms with van der Waals surface area (Å²) in [5.74, 6) is -0.384. The Morgan fingerprint density at radius 3 is 2.27 bits per heavy atom. The Labute approximate surface area is 127 Å². The fourth-order valence-electron chi connectivity index (χ4n) is 3.90. The lowest BCUT2D eigenvalue weighted by molar-refractivity contribution is -0.140. The van der Waals surface area contributed by atoms with Crippen LogP contribution in [-0.4, -0.2) is 28.1 Å². The molecule has 1 aromatic carbocycles. The number of nitrogens with zero attached hydrogens (tertiary/aromatic N) is 2. The van der Waals surface area contributed by atoms with Crippen molar-refractivity contribution in [1.29, 1.82) is 0 Å². The zero-order chi connectivity index (χ0) is 15.3. The molecule has 112 valence electrons. The normalized spacial score (nSPS) is 33.0. The van der Waals surface area contributed by atoms with Gasteiger partial charge in [-0.1, -0.05) is 24.3 Å². The highest BCUT2D eigenvalue weighted by molar-refractivity contribution is 6.06. The fourth-order valence-corrected chi connectivity index (χ4v) is 3.90. The third kappa shape index (κ3) is 1.89. The third-order valence-corrected chi connectivity index (χ3v) is 4.93. The third-order valence-electron chi connectivity index (χ3n) is 4.93. The first-order chi connectivity index (χ1) is 10.6. The highest BCUT2D eigenvalue weighted by Gasteiger charge is 2.56. The summed E-state index contributed by atoms with van der Waals surface area (Å²) in [6, 6.07) is 6.54. The van der Waals surface area contributed by atoms with Gasteiger partial charge in [-0.25, -0.2) is 0 Å². The second-order valence-corrected chi connectivity index (χ2v) is 6.17. The Bertz CT molecular complexity index is 678. The summed E-state index contributed by atoms with van der Waals surface area (Å²) in [4.78, 5) is 25.1. The lowest BCUT2D eigenvalue weighted by Gasteiger charge is -2.37. The zero-order valence-electron chi connectivity index (χ0n) is 11.9. The van der Waals surface area contributed by atoms with Gasteiger partial charge in [-0.15, -0.1) is 0 Å². The van der Waals surface area contributed by atoms with Crippen molar-refractivity contribution in [1.82, 2.24) is 5.01 Å². The fraction of sp³-hybridized carbons (Fsp3) is 0.353. The van der Waals surface area contributed by atoms with Crippen molar-refractivity contribution < 1.29 is 14.7 Å². The number of aromatic hydroxyl groups is 1. The quantitative estimate of drug-likeness (QED) is 0.515. The van der Waals surface area contributed by atoms with Crippen LogP contribution in [0.4, 0.5) is 0 Å². The Kier molecular flexibility index (Phi) is 2.89. The molecule has 4 aliphatic rings. The van der Waals surface area contributed by atoms with Gasteiger partial charge in [0.15, 0.2) is 0 Å². The summed E-state index contributed by atoms with van der Waals surface area (Å²) in [5.41, 5.74) is 0.650. The number of carbonyl (C=O) groups excluding carboxylic acids is 2. The zero-order valence-corrected chi connectivity index (χ0v) is 11.9. The van der Waals surface area contributed by atoms with Crippen molar-refractivity contribution in [2.75, 3.05) is 0 Å². The monoisotopic (exact) mass is 296 g/mol. The van der Waals surface area contributed by atoms with Gasteiger partial charge in [0.25, 0.3) is 11.8 Å². The first-order valence-corrected chi connectivity index (χ1v) is 7.54. The van der Waals surface area contributed by atoms with Crippen LogP contribution in [-0.2, 0) is 9.59 Å². The Balaban J connectivity index is 1.61. The molecule has 0 spiro atoms. The first kappa shape index (κ1) is 13.2. The van der Waals surface area contributed by atoms with Gasteiger partial charge in [-0.2, -0.15) is 10.1 Å². The van der Waals surface area contributed by atoms with E-state index in [9.17, 15) is 14.7 Å². The number of benzene rings is 1. The number of hydrazone groups is 1. The number of phenolic OH excluding ortho intramolecular Hbond substituents is 1. The van der Waals surface area contributed by atoms with Crippen molar-refractivity contribution in [3.63, 3.8) is 0 Å². The van der Waals surface area contributed by atoms with Crippen LogP contribution < -0.4 is 0 Å². The van der Waals surface area contributed by atoms with Crippen LogP contribution in [0.25, 0.3) is 0 Å². The summed E-state index contributed by atoms with van der Waals surface area (Å²) >= 11 is 0. The molecule has 2 fully saturated rings. The lowest BCUT2D eigenvalue weighted by atomic mass is 9.63. The maximum atomic E-state index is 12.5. The lowest BCUT2D eigenvalue weighted by Crippen LogP contribution is -2.38. The van der Waals surface area contributed by atoms with E-state index in [0.717, 1.165) is 17.9 Å². The van der Waals surface area contributed by atoms with Gasteiger partial charge in [0.05, 0.1) is 18.1 Å². The molecule has 1 aliphatic heterocycles. The number of imide groups is 1. The van der Waals surface area contributed by atoms with Crippen LogP contribution >= 0.6 is 0 Å². The number of fused-ring (bicyclic) bond motifs is 1. The molecular weight excluding hydrogens is 280 g/mol. The first-order valence-electron chi connectivity index (χ1n) is 7.54. The van der Waals surface area contributed by atoms with Gasteiger partial charge in [-0.05, 0) is 42.4 Å². The van der Waals surface area contributed by atoms with Crippen LogP contribution in [0.5, 0.6) is 5.75 Å². The van der Waals surface area contributed by atoms with Crippen LogP contribution in [0.1, 0.15) is 18.4 Å². The minimum atomic E-state index is -0.238. The molecule has 4 atom stereocenters. The van der Waals surface area contributed by atoms with Crippen LogP contribution in [0.15, 0.2) is 41.5 Å². The molecule has 1 N–H and O–H groups in total. The van der Waals surface area contributed by atoms with E-state index in [-0.39, 0.29) is 41.2 Å². The molecular formula is C17H16N2O3. The molecule has 2 amide bonds. The van der Waals surface area contributed by atoms with E-state index in [1.54, 1.807) is 18.2 Å². The van der Waals surface area contributed by atoms with Gasteiger partial charge in [0, 0.05) is 0 Å². The number of phenols is 1. The van der Waals surface area contributed by atoms with Crippen LogP contribution in [0, 0.1) is 23.7 Å².